The number of rotatable bonds is 4. The van der Waals surface area contributed by atoms with E-state index in [9.17, 15) is 26.4 Å². The minimum Gasteiger partial charge on any atom is -0.275 e. The van der Waals surface area contributed by atoms with Crippen molar-refractivity contribution in [2.75, 3.05) is 5.32 Å². The molecule has 0 saturated carbocycles. The summed E-state index contributed by atoms with van der Waals surface area (Å²) in [5.41, 5.74) is -3.53. The average molecular weight is 441 g/mol. The molecular weight excluding hydrogens is 429 g/mol. The van der Waals surface area contributed by atoms with E-state index in [1.807, 2.05) is 0 Å². The molecular formula is C14H12ClF3N4O3S2. The van der Waals surface area contributed by atoms with Crippen molar-refractivity contribution in [3.63, 3.8) is 0 Å². The van der Waals surface area contributed by atoms with Gasteiger partial charge >= 0.3 is 11.5 Å². The Kier molecular flexibility index (Phi) is 6.22. The molecule has 2 aromatic rings. The molecule has 2 rings (SSSR count). The van der Waals surface area contributed by atoms with Gasteiger partial charge in [-0.05, 0) is 49.9 Å². The van der Waals surface area contributed by atoms with E-state index in [1.54, 1.807) is 24.6 Å². The van der Waals surface area contributed by atoms with E-state index in [0.29, 0.717) is 11.4 Å². The number of halogens is 4. The van der Waals surface area contributed by atoms with Gasteiger partial charge in [-0.2, -0.15) is 13.2 Å². The fraction of sp³-hybridized carbons (Fsp3) is 0.214. The van der Waals surface area contributed by atoms with E-state index in [-0.39, 0.29) is 11.0 Å². The standard InChI is InChI=1S/C14H12ClF3N4O3S2/c1-7-5-8(2)20-12(19-7)21-13(23)22-27(24,25)11-6-9(3-4-10(11)15)26-14(16,17)18/h3-6H,1-2H3,(H2,19,20,21,22,23). The highest BCUT2D eigenvalue weighted by Gasteiger charge is 2.30. The maximum Gasteiger partial charge on any atom is 0.446 e. The third-order valence-corrected chi connectivity index (χ3v) is 5.39. The number of carbonyl (C=O) groups is 1. The summed E-state index contributed by atoms with van der Waals surface area (Å²) >= 11 is 5.26. The Hall–Kier alpha value is -2.05. The molecule has 146 valence electrons. The van der Waals surface area contributed by atoms with Gasteiger partial charge in [0, 0.05) is 16.3 Å². The quantitative estimate of drug-likeness (QED) is 0.700. The van der Waals surface area contributed by atoms with Crippen LogP contribution in [0.15, 0.2) is 34.1 Å². The maximum atomic E-state index is 12.5. The van der Waals surface area contributed by atoms with Crippen molar-refractivity contribution in [1.82, 2.24) is 14.7 Å². The van der Waals surface area contributed by atoms with Gasteiger partial charge in [0.1, 0.15) is 4.90 Å². The summed E-state index contributed by atoms with van der Waals surface area (Å²) in [6.07, 6.45) is 0. The van der Waals surface area contributed by atoms with Gasteiger partial charge in [0.25, 0.3) is 10.0 Å². The zero-order valence-corrected chi connectivity index (χ0v) is 16.1. The first-order valence-corrected chi connectivity index (χ1v) is 9.75. The molecule has 2 amide bonds. The second-order valence-electron chi connectivity index (χ2n) is 5.17. The number of aryl methyl sites for hydroxylation is 2. The lowest BCUT2D eigenvalue weighted by Crippen LogP contribution is -2.35. The van der Waals surface area contributed by atoms with E-state index in [4.69, 9.17) is 11.6 Å². The van der Waals surface area contributed by atoms with Crippen LogP contribution in [0.25, 0.3) is 0 Å². The van der Waals surface area contributed by atoms with E-state index in [2.05, 4.69) is 15.3 Å². The molecule has 1 heterocycles. The van der Waals surface area contributed by atoms with E-state index in [1.165, 1.54) is 0 Å². The summed E-state index contributed by atoms with van der Waals surface area (Å²) in [5, 5.41) is 1.80. The lowest BCUT2D eigenvalue weighted by Gasteiger charge is -2.11. The summed E-state index contributed by atoms with van der Waals surface area (Å²) in [4.78, 5) is 18.7. The lowest BCUT2D eigenvalue weighted by molar-refractivity contribution is -0.0328. The number of aromatic nitrogens is 2. The van der Waals surface area contributed by atoms with Crippen LogP contribution < -0.4 is 10.0 Å². The highest BCUT2D eigenvalue weighted by atomic mass is 35.5. The van der Waals surface area contributed by atoms with Crippen LogP contribution in [0.4, 0.5) is 23.9 Å². The van der Waals surface area contributed by atoms with Crippen molar-refractivity contribution in [2.45, 2.75) is 29.1 Å². The van der Waals surface area contributed by atoms with Crippen molar-refractivity contribution in [3.8, 4) is 0 Å². The SMILES string of the molecule is Cc1cc(C)nc(NC(=O)NS(=O)(=O)c2cc(SC(F)(F)F)ccc2Cl)n1. The second-order valence-corrected chi connectivity index (χ2v) is 8.37. The highest BCUT2D eigenvalue weighted by Crippen LogP contribution is 2.38. The Morgan fingerprint density at radius 3 is 2.30 bits per heavy atom. The molecule has 1 aromatic carbocycles. The Morgan fingerprint density at radius 1 is 1.15 bits per heavy atom. The van der Waals surface area contributed by atoms with Gasteiger partial charge in [-0.15, -0.1) is 0 Å². The number of hydrogen-bond acceptors (Lipinski definition) is 6. The zero-order valence-electron chi connectivity index (χ0n) is 13.8. The van der Waals surface area contributed by atoms with Crippen molar-refractivity contribution < 1.29 is 26.4 Å². The highest BCUT2D eigenvalue weighted by molar-refractivity contribution is 8.00. The number of anilines is 1. The zero-order chi connectivity index (χ0) is 20.4. The first-order chi connectivity index (χ1) is 12.4. The molecule has 7 nitrogen and oxygen atoms in total. The van der Waals surface area contributed by atoms with Gasteiger partial charge in [0.15, 0.2) is 0 Å². The molecule has 0 spiro atoms. The number of nitrogens with zero attached hydrogens (tertiary/aromatic N) is 2. The van der Waals surface area contributed by atoms with E-state index < -0.39 is 43.1 Å². The summed E-state index contributed by atoms with van der Waals surface area (Å²) in [6.45, 7) is 3.30. The number of hydrogen-bond donors (Lipinski definition) is 2. The monoisotopic (exact) mass is 440 g/mol. The summed E-state index contributed by atoms with van der Waals surface area (Å²) in [6, 6.07) is 3.19. The minimum absolute atomic E-state index is 0.132. The number of benzene rings is 1. The number of urea groups is 1. The number of alkyl halides is 3. The number of amides is 2. The first-order valence-electron chi connectivity index (χ1n) is 7.07. The number of sulfonamides is 1. The van der Waals surface area contributed by atoms with Crippen LogP contribution in [0, 0.1) is 13.8 Å². The van der Waals surface area contributed by atoms with Crippen LogP contribution in [0.3, 0.4) is 0 Å². The molecule has 0 unspecified atom stereocenters. The van der Waals surface area contributed by atoms with Gasteiger partial charge in [0.2, 0.25) is 5.95 Å². The largest absolute Gasteiger partial charge is 0.446 e. The minimum atomic E-state index is -4.61. The van der Waals surface area contributed by atoms with Gasteiger partial charge in [-0.25, -0.2) is 27.9 Å². The van der Waals surface area contributed by atoms with Gasteiger partial charge in [-0.1, -0.05) is 11.6 Å². The number of carbonyl (C=O) groups excluding carboxylic acids is 1. The second kappa shape index (κ2) is 7.90. The van der Waals surface area contributed by atoms with Crippen LogP contribution in [0.2, 0.25) is 5.02 Å². The van der Waals surface area contributed by atoms with Crippen molar-refractivity contribution in [2.24, 2.45) is 0 Å². The molecule has 0 saturated heterocycles. The Morgan fingerprint density at radius 2 is 1.74 bits per heavy atom. The number of nitrogens with one attached hydrogen (secondary N) is 2. The van der Waals surface area contributed by atoms with Gasteiger partial charge in [0.05, 0.1) is 5.02 Å². The van der Waals surface area contributed by atoms with Crippen LogP contribution in [0.1, 0.15) is 11.4 Å². The van der Waals surface area contributed by atoms with Crippen molar-refractivity contribution >= 4 is 45.4 Å². The lowest BCUT2D eigenvalue weighted by atomic mass is 10.4. The van der Waals surface area contributed by atoms with E-state index >= 15 is 0 Å². The van der Waals surface area contributed by atoms with Crippen molar-refractivity contribution in [3.05, 3.63) is 40.7 Å². The van der Waals surface area contributed by atoms with Crippen LogP contribution in [-0.2, 0) is 10.0 Å². The summed E-state index contributed by atoms with van der Waals surface area (Å²) < 4.78 is 63.7. The third-order valence-electron chi connectivity index (χ3n) is 2.86. The molecule has 0 atom stereocenters. The molecule has 0 aliphatic rings. The van der Waals surface area contributed by atoms with Crippen molar-refractivity contribution in [1.29, 1.82) is 0 Å². The number of thioether (sulfide) groups is 1. The predicted octanol–water partition coefficient (Wildman–Crippen LogP) is 3.87. The van der Waals surface area contributed by atoms with Crippen LogP contribution in [0.5, 0.6) is 0 Å². The van der Waals surface area contributed by atoms with Crippen LogP contribution in [-0.4, -0.2) is 29.9 Å². The molecule has 1 aromatic heterocycles. The molecule has 0 fully saturated rings. The van der Waals surface area contributed by atoms with E-state index in [0.717, 1.165) is 18.2 Å². The van der Waals surface area contributed by atoms with Gasteiger partial charge in [-0.3, -0.25) is 5.32 Å². The normalized spacial score (nSPS) is 11.9. The molecule has 0 aliphatic heterocycles. The molecule has 13 heteroatoms. The fourth-order valence-electron chi connectivity index (χ4n) is 1.97. The Balaban J connectivity index is 2.22. The topological polar surface area (TPSA) is 101 Å². The summed E-state index contributed by atoms with van der Waals surface area (Å²) in [7, 11) is -4.54. The van der Waals surface area contributed by atoms with Gasteiger partial charge < -0.3 is 0 Å². The first kappa shape index (κ1) is 21.3. The Bertz CT molecular complexity index is 964. The molecule has 0 radical (unpaired) electrons. The average Bonchev–Trinajstić information content (AvgIpc) is 2.45. The molecule has 27 heavy (non-hydrogen) atoms. The summed E-state index contributed by atoms with van der Waals surface area (Å²) in [5.74, 6) is -0.132. The molecule has 2 N–H and O–H groups in total. The molecule has 0 aliphatic carbocycles. The smallest absolute Gasteiger partial charge is 0.275 e. The predicted molar refractivity (Wildman–Crippen MR) is 94.2 cm³/mol. The third kappa shape index (κ3) is 6.26. The van der Waals surface area contributed by atoms with Crippen LogP contribution >= 0.6 is 23.4 Å². The Labute approximate surface area is 161 Å². The molecule has 0 bridgehead atoms. The maximum absolute atomic E-state index is 12.5. The fourth-order valence-corrected chi connectivity index (χ4v) is 4.06.